The van der Waals surface area contributed by atoms with Crippen molar-refractivity contribution in [3.63, 3.8) is 0 Å². The number of hydrogen-bond donors (Lipinski definition) is 1. The molecule has 0 saturated heterocycles. The fraction of sp³-hybridized carbons (Fsp3) is 0.0625. The predicted molar refractivity (Wildman–Crippen MR) is 76.9 cm³/mol. The van der Waals surface area contributed by atoms with Crippen molar-refractivity contribution < 1.29 is 14.7 Å². The molecule has 2 aromatic rings. The third-order valence-corrected chi connectivity index (χ3v) is 3.21. The van der Waals surface area contributed by atoms with Gasteiger partial charge in [-0.15, -0.1) is 0 Å². The Balaban J connectivity index is 1.93. The summed E-state index contributed by atoms with van der Waals surface area (Å²) in [6.45, 7) is 0. The van der Waals surface area contributed by atoms with Crippen molar-refractivity contribution in [2.45, 2.75) is 6.42 Å². The number of carbonyl (C=O) groups is 2. The van der Waals surface area contributed by atoms with Crippen LogP contribution in [0.2, 0.25) is 0 Å². The van der Waals surface area contributed by atoms with Crippen molar-refractivity contribution in [1.29, 1.82) is 0 Å². The zero-order valence-corrected chi connectivity index (χ0v) is 11.1. The molecule has 0 radical (unpaired) electrons. The molecule has 1 aliphatic rings. The number of carbonyl (C=O) groups excluding carboxylic acids is 2. The zero-order chi connectivity index (χ0) is 14.8. The van der Waals surface area contributed by atoms with Gasteiger partial charge < -0.3 is 5.11 Å². The third-order valence-electron chi connectivity index (χ3n) is 3.21. The lowest BCUT2D eigenvalue weighted by atomic mass is 10.1. The van der Waals surface area contributed by atoms with Crippen molar-refractivity contribution in [2.75, 3.05) is 0 Å². The van der Waals surface area contributed by atoms with E-state index in [0.717, 1.165) is 10.6 Å². The summed E-state index contributed by atoms with van der Waals surface area (Å²) in [5.74, 6) is -1.19. The SMILES string of the molecule is O=C1CC(c2ccccc2)=NN1C(=O)c1ccccc1O. The zero-order valence-electron chi connectivity index (χ0n) is 11.1. The smallest absolute Gasteiger partial charge is 0.284 e. The first-order chi connectivity index (χ1) is 10.2. The number of phenols is 1. The van der Waals surface area contributed by atoms with E-state index in [-0.39, 0.29) is 17.7 Å². The molecule has 0 fully saturated rings. The maximum Gasteiger partial charge on any atom is 0.284 e. The quantitative estimate of drug-likeness (QED) is 0.857. The van der Waals surface area contributed by atoms with Crippen LogP contribution in [-0.4, -0.2) is 27.6 Å². The van der Waals surface area contributed by atoms with Gasteiger partial charge in [0.1, 0.15) is 5.75 Å². The molecule has 1 N–H and O–H groups in total. The predicted octanol–water partition coefficient (Wildman–Crippen LogP) is 2.17. The average Bonchev–Trinajstić information content (AvgIpc) is 2.90. The van der Waals surface area contributed by atoms with Gasteiger partial charge in [0.2, 0.25) is 0 Å². The van der Waals surface area contributed by atoms with Gasteiger partial charge in [-0.1, -0.05) is 42.5 Å². The fourth-order valence-electron chi connectivity index (χ4n) is 2.15. The van der Waals surface area contributed by atoms with E-state index in [4.69, 9.17) is 0 Å². The van der Waals surface area contributed by atoms with E-state index in [1.165, 1.54) is 12.1 Å². The summed E-state index contributed by atoms with van der Waals surface area (Å²) in [4.78, 5) is 24.3. The van der Waals surface area contributed by atoms with E-state index in [9.17, 15) is 14.7 Å². The first-order valence-corrected chi connectivity index (χ1v) is 6.45. The molecule has 2 amide bonds. The van der Waals surface area contributed by atoms with Gasteiger partial charge in [0, 0.05) is 0 Å². The van der Waals surface area contributed by atoms with E-state index in [1.54, 1.807) is 12.1 Å². The molecule has 1 heterocycles. The van der Waals surface area contributed by atoms with E-state index in [0.29, 0.717) is 5.71 Å². The second kappa shape index (κ2) is 5.20. The molecule has 3 rings (SSSR count). The second-order valence-corrected chi connectivity index (χ2v) is 4.62. The lowest BCUT2D eigenvalue weighted by Crippen LogP contribution is -2.28. The molecule has 2 aromatic carbocycles. The number of rotatable bonds is 2. The van der Waals surface area contributed by atoms with Crippen LogP contribution in [0, 0.1) is 0 Å². The molecule has 0 spiro atoms. The standard InChI is InChI=1S/C16H12N2O3/c19-14-9-5-4-8-12(14)16(21)18-15(20)10-13(17-18)11-6-2-1-3-7-11/h1-9,19H,10H2. The molecule has 0 aromatic heterocycles. The molecule has 0 unspecified atom stereocenters. The topological polar surface area (TPSA) is 70.0 Å². The van der Waals surface area contributed by atoms with Gasteiger partial charge in [0.05, 0.1) is 17.7 Å². The number of hydrogen-bond acceptors (Lipinski definition) is 4. The lowest BCUT2D eigenvalue weighted by molar-refractivity contribution is -0.126. The summed E-state index contributed by atoms with van der Waals surface area (Å²) in [5, 5.41) is 14.6. The number of aromatic hydroxyl groups is 1. The van der Waals surface area contributed by atoms with Crippen LogP contribution in [0.5, 0.6) is 5.75 Å². The Bertz CT molecular complexity index is 738. The van der Waals surface area contributed by atoms with Crippen molar-refractivity contribution in [3.05, 3.63) is 65.7 Å². The molecule has 0 atom stereocenters. The molecule has 1 aliphatic heterocycles. The van der Waals surface area contributed by atoms with Crippen LogP contribution in [0.3, 0.4) is 0 Å². The van der Waals surface area contributed by atoms with E-state index >= 15 is 0 Å². The molecular weight excluding hydrogens is 268 g/mol. The van der Waals surface area contributed by atoms with Crippen molar-refractivity contribution in [3.8, 4) is 5.75 Å². The molecule has 0 aliphatic carbocycles. The number of phenolic OH excluding ortho intramolecular Hbond substituents is 1. The first-order valence-electron chi connectivity index (χ1n) is 6.45. The van der Waals surface area contributed by atoms with Crippen LogP contribution in [0.25, 0.3) is 0 Å². The molecule has 104 valence electrons. The van der Waals surface area contributed by atoms with Gasteiger partial charge >= 0.3 is 0 Å². The Kier molecular flexibility index (Phi) is 3.23. The highest BCUT2D eigenvalue weighted by atomic mass is 16.3. The van der Waals surface area contributed by atoms with Crippen molar-refractivity contribution in [1.82, 2.24) is 5.01 Å². The summed E-state index contributed by atoms with van der Waals surface area (Å²) < 4.78 is 0. The van der Waals surface area contributed by atoms with E-state index < -0.39 is 11.8 Å². The number of amides is 2. The summed E-state index contributed by atoms with van der Waals surface area (Å²) in [6.07, 6.45) is 0.0728. The highest BCUT2D eigenvalue weighted by molar-refractivity contribution is 6.19. The van der Waals surface area contributed by atoms with Gasteiger partial charge in [-0.2, -0.15) is 10.1 Å². The molecule has 0 saturated carbocycles. The molecule has 5 heteroatoms. The van der Waals surface area contributed by atoms with Crippen LogP contribution < -0.4 is 0 Å². The minimum atomic E-state index is -0.621. The van der Waals surface area contributed by atoms with Crippen LogP contribution in [0.4, 0.5) is 0 Å². The number of imide groups is 1. The lowest BCUT2D eigenvalue weighted by Gasteiger charge is -2.10. The first kappa shape index (κ1) is 13.1. The van der Waals surface area contributed by atoms with Gasteiger partial charge in [0.15, 0.2) is 0 Å². The number of para-hydroxylation sites is 1. The fourth-order valence-corrected chi connectivity index (χ4v) is 2.15. The van der Waals surface area contributed by atoms with E-state index in [2.05, 4.69) is 5.10 Å². The largest absolute Gasteiger partial charge is 0.507 e. The minimum Gasteiger partial charge on any atom is -0.507 e. The Labute approximate surface area is 121 Å². The molecule has 0 bridgehead atoms. The molecular formula is C16H12N2O3. The van der Waals surface area contributed by atoms with Gasteiger partial charge in [-0.3, -0.25) is 9.59 Å². The van der Waals surface area contributed by atoms with Crippen LogP contribution >= 0.6 is 0 Å². The Morgan fingerprint density at radius 3 is 2.43 bits per heavy atom. The maximum absolute atomic E-state index is 12.3. The molecule has 5 nitrogen and oxygen atoms in total. The number of hydrazone groups is 1. The molecule has 21 heavy (non-hydrogen) atoms. The van der Waals surface area contributed by atoms with Crippen molar-refractivity contribution >= 4 is 17.5 Å². The Morgan fingerprint density at radius 2 is 1.71 bits per heavy atom. The average molecular weight is 280 g/mol. The van der Waals surface area contributed by atoms with Crippen LogP contribution in [0.1, 0.15) is 22.3 Å². The summed E-state index contributed by atoms with van der Waals surface area (Å²) >= 11 is 0. The van der Waals surface area contributed by atoms with Crippen LogP contribution in [-0.2, 0) is 4.79 Å². The monoisotopic (exact) mass is 280 g/mol. The van der Waals surface area contributed by atoms with Gasteiger partial charge in [-0.05, 0) is 17.7 Å². The summed E-state index contributed by atoms with van der Waals surface area (Å²) in [6, 6.07) is 15.3. The number of nitrogens with zero attached hydrogens (tertiary/aromatic N) is 2. The highest BCUT2D eigenvalue weighted by Crippen LogP contribution is 2.22. The maximum atomic E-state index is 12.3. The third kappa shape index (κ3) is 2.41. The Hall–Kier alpha value is -2.95. The van der Waals surface area contributed by atoms with Gasteiger partial charge in [-0.25, -0.2) is 0 Å². The van der Waals surface area contributed by atoms with Gasteiger partial charge in [0.25, 0.3) is 11.8 Å². The van der Waals surface area contributed by atoms with Crippen molar-refractivity contribution in [2.24, 2.45) is 5.10 Å². The van der Waals surface area contributed by atoms with Crippen LogP contribution in [0.15, 0.2) is 59.7 Å². The summed E-state index contributed by atoms with van der Waals surface area (Å²) in [5.41, 5.74) is 1.41. The minimum absolute atomic E-state index is 0.0592. The highest BCUT2D eigenvalue weighted by Gasteiger charge is 2.31. The number of benzene rings is 2. The second-order valence-electron chi connectivity index (χ2n) is 4.62. The Morgan fingerprint density at radius 1 is 1.05 bits per heavy atom. The van der Waals surface area contributed by atoms with E-state index in [1.807, 2.05) is 30.3 Å². The normalized spacial score (nSPS) is 14.2. The summed E-state index contributed by atoms with van der Waals surface area (Å²) in [7, 11) is 0.